The Morgan fingerprint density at radius 3 is 2.00 bits per heavy atom. The van der Waals surface area contributed by atoms with E-state index in [4.69, 9.17) is 9.84 Å². The summed E-state index contributed by atoms with van der Waals surface area (Å²) in [5, 5.41) is 8.97. The van der Waals surface area contributed by atoms with E-state index in [0.29, 0.717) is 6.61 Å². The molecule has 2 aromatic rings. The van der Waals surface area contributed by atoms with Crippen LogP contribution in [0.2, 0.25) is 0 Å². The van der Waals surface area contributed by atoms with Gasteiger partial charge in [0.05, 0.1) is 12.5 Å². The first-order valence-electron chi connectivity index (χ1n) is 7.20. The number of aliphatic carboxylic acids is 1. The minimum absolute atomic E-state index is 0.137. The minimum atomic E-state index is -0.709. The molecule has 2 atom stereocenters. The molecule has 0 bridgehead atoms. The second-order valence-electron chi connectivity index (χ2n) is 5.48. The smallest absolute Gasteiger partial charge is 0.306 e. The molecular weight excluding hydrogens is 264 g/mol. The zero-order valence-corrected chi connectivity index (χ0v) is 11.7. The summed E-state index contributed by atoms with van der Waals surface area (Å²) in [5.41, 5.74) is 2.19. The van der Waals surface area contributed by atoms with Gasteiger partial charge in [-0.15, -0.1) is 0 Å². The number of rotatable bonds is 6. The van der Waals surface area contributed by atoms with Crippen molar-refractivity contribution in [1.82, 2.24) is 0 Å². The summed E-state index contributed by atoms with van der Waals surface area (Å²) in [6.45, 7) is 0.491. The summed E-state index contributed by atoms with van der Waals surface area (Å²) in [5.74, 6) is -0.783. The van der Waals surface area contributed by atoms with Crippen molar-refractivity contribution in [2.45, 2.75) is 12.5 Å². The first-order chi connectivity index (χ1) is 10.3. The van der Waals surface area contributed by atoms with Gasteiger partial charge in [-0.3, -0.25) is 4.79 Å². The Labute approximate surface area is 124 Å². The van der Waals surface area contributed by atoms with Gasteiger partial charge < -0.3 is 9.84 Å². The van der Waals surface area contributed by atoms with Crippen LogP contribution in [-0.2, 0) is 9.53 Å². The number of hydrogen-bond acceptors (Lipinski definition) is 2. The maximum absolute atomic E-state index is 10.9. The van der Waals surface area contributed by atoms with Gasteiger partial charge in [-0.2, -0.15) is 0 Å². The largest absolute Gasteiger partial charge is 0.481 e. The van der Waals surface area contributed by atoms with E-state index in [2.05, 4.69) is 0 Å². The summed E-state index contributed by atoms with van der Waals surface area (Å²) in [6.07, 6.45) is 0.591. The van der Waals surface area contributed by atoms with Gasteiger partial charge in [-0.05, 0) is 23.5 Å². The predicted octanol–water partition coefficient (Wildman–Crippen LogP) is 3.51. The monoisotopic (exact) mass is 282 g/mol. The van der Waals surface area contributed by atoms with Gasteiger partial charge in [-0.25, -0.2) is 0 Å². The Hall–Kier alpha value is -2.13. The van der Waals surface area contributed by atoms with E-state index in [1.54, 1.807) is 0 Å². The lowest BCUT2D eigenvalue weighted by atomic mass is 10.0. The SMILES string of the molecule is O=C(O)C1CC1COC(c1ccccc1)c1ccccc1. The molecule has 0 spiro atoms. The molecule has 0 aromatic heterocycles. The molecule has 1 fully saturated rings. The Balaban J connectivity index is 1.73. The number of ether oxygens (including phenoxy) is 1. The molecule has 1 aliphatic rings. The van der Waals surface area contributed by atoms with E-state index in [-0.39, 0.29) is 17.9 Å². The molecule has 0 aliphatic heterocycles. The van der Waals surface area contributed by atoms with E-state index in [1.807, 2.05) is 60.7 Å². The first-order valence-corrected chi connectivity index (χ1v) is 7.20. The first kappa shape index (κ1) is 13.8. The quantitative estimate of drug-likeness (QED) is 0.882. The third-order valence-electron chi connectivity index (χ3n) is 3.92. The van der Waals surface area contributed by atoms with Crippen LogP contribution in [0.25, 0.3) is 0 Å². The van der Waals surface area contributed by atoms with Crippen LogP contribution in [0.3, 0.4) is 0 Å². The topological polar surface area (TPSA) is 46.5 Å². The molecule has 1 N–H and O–H groups in total. The van der Waals surface area contributed by atoms with Gasteiger partial charge in [0.2, 0.25) is 0 Å². The number of hydrogen-bond donors (Lipinski definition) is 1. The molecule has 3 heteroatoms. The van der Waals surface area contributed by atoms with Gasteiger partial charge >= 0.3 is 5.97 Å². The molecule has 2 aromatic carbocycles. The highest BCUT2D eigenvalue weighted by molar-refractivity contribution is 5.73. The van der Waals surface area contributed by atoms with Crippen molar-refractivity contribution in [2.75, 3.05) is 6.61 Å². The van der Waals surface area contributed by atoms with Gasteiger partial charge in [-0.1, -0.05) is 60.7 Å². The predicted molar refractivity (Wildman–Crippen MR) is 79.9 cm³/mol. The Bertz CT molecular complexity index is 555. The van der Waals surface area contributed by atoms with Crippen LogP contribution in [0.1, 0.15) is 23.7 Å². The van der Waals surface area contributed by atoms with E-state index in [0.717, 1.165) is 17.5 Å². The molecular formula is C18H18O3. The molecule has 2 unspecified atom stereocenters. The maximum atomic E-state index is 10.9. The summed E-state index contributed by atoms with van der Waals surface area (Å²) in [6, 6.07) is 20.1. The second-order valence-corrected chi connectivity index (χ2v) is 5.48. The molecule has 108 valence electrons. The van der Waals surface area contributed by atoms with Crippen molar-refractivity contribution >= 4 is 5.97 Å². The van der Waals surface area contributed by atoms with Crippen molar-refractivity contribution in [1.29, 1.82) is 0 Å². The Morgan fingerprint density at radius 1 is 1.05 bits per heavy atom. The van der Waals surface area contributed by atoms with Crippen LogP contribution in [-0.4, -0.2) is 17.7 Å². The van der Waals surface area contributed by atoms with Crippen molar-refractivity contribution < 1.29 is 14.6 Å². The zero-order chi connectivity index (χ0) is 14.7. The maximum Gasteiger partial charge on any atom is 0.306 e. The lowest BCUT2D eigenvalue weighted by molar-refractivity contribution is -0.139. The molecule has 0 heterocycles. The molecule has 3 rings (SSSR count). The van der Waals surface area contributed by atoms with Crippen molar-refractivity contribution in [3.63, 3.8) is 0 Å². The van der Waals surface area contributed by atoms with E-state index in [9.17, 15) is 4.79 Å². The lowest BCUT2D eigenvalue weighted by Gasteiger charge is -2.19. The van der Waals surface area contributed by atoms with Gasteiger partial charge in [0.15, 0.2) is 0 Å². The second kappa shape index (κ2) is 6.10. The summed E-state index contributed by atoms with van der Waals surface area (Å²) < 4.78 is 6.06. The Kier molecular flexibility index (Phi) is 4.02. The molecule has 3 nitrogen and oxygen atoms in total. The Morgan fingerprint density at radius 2 is 1.57 bits per heavy atom. The number of carboxylic acids is 1. The summed E-state index contributed by atoms with van der Waals surface area (Å²) in [7, 11) is 0. The highest BCUT2D eigenvalue weighted by Crippen LogP contribution is 2.40. The molecule has 1 saturated carbocycles. The van der Waals surface area contributed by atoms with Crippen LogP contribution >= 0.6 is 0 Å². The molecule has 21 heavy (non-hydrogen) atoms. The van der Waals surface area contributed by atoms with Crippen LogP contribution < -0.4 is 0 Å². The van der Waals surface area contributed by atoms with E-state index < -0.39 is 5.97 Å². The molecule has 1 aliphatic carbocycles. The average Bonchev–Trinajstić information content (AvgIpc) is 3.30. The molecule has 0 radical (unpaired) electrons. The molecule has 0 saturated heterocycles. The van der Waals surface area contributed by atoms with Crippen LogP contribution in [0, 0.1) is 11.8 Å². The van der Waals surface area contributed by atoms with E-state index >= 15 is 0 Å². The van der Waals surface area contributed by atoms with Gasteiger partial charge in [0, 0.05) is 0 Å². The minimum Gasteiger partial charge on any atom is -0.481 e. The van der Waals surface area contributed by atoms with Crippen molar-refractivity contribution in [3.05, 3.63) is 71.8 Å². The average molecular weight is 282 g/mol. The zero-order valence-electron chi connectivity index (χ0n) is 11.7. The van der Waals surface area contributed by atoms with Crippen LogP contribution in [0.15, 0.2) is 60.7 Å². The number of carbonyl (C=O) groups is 1. The highest BCUT2D eigenvalue weighted by Gasteiger charge is 2.43. The lowest BCUT2D eigenvalue weighted by Crippen LogP contribution is -2.10. The standard InChI is InChI=1S/C18H18O3/c19-18(20)16-11-15(16)12-21-17(13-7-3-1-4-8-13)14-9-5-2-6-10-14/h1-10,15-17H,11-12H2,(H,19,20). The van der Waals surface area contributed by atoms with Crippen molar-refractivity contribution in [2.24, 2.45) is 11.8 Å². The van der Waals surface area contributed by atoms with Gasteiger partial charge in [0.25, 0.3) is 0 Å². The van der Waals surface area contributed by atoms with E-state index in [1.165, 1.54) is 0 Å². The number of benzene rings is 2. The normalized spacial score (nSPS) is 20.4. The van der Waals surface area contributed by atoms with Crippen molar-refractivity contribution in [3.8, 4) is 0 Å². The summed E-state index contributed by atoms with van der Waals surface area (Å²) in [4.78, 5) is 10.9. The van der Waals surface area contributed by atoms with Crippen LogP contribution in [0.4, 0.5) is 0 Å². The molecule has 0 amide bonds. The third-order valence-corrected chi connectivity index (χ3v) is 3.92. The fourth-order valence-electron chi connectivity index (χ4n) is 2.59. The third kappa shape index (κ3) is 3.31. The van der Waals surface area contributed by atoms with Gasteiger partial charge in [0.1, 0.15) is 6.10 Å². The highest BCUT2D eigenvalue weighted by atomic mass is 16.5. The van der Waals surface area contributed by atoms with Crippen LogP contribution in [0.5, 0.6) is 0 Å². The fraction of sp³-hybridized carbons (Fsp3) is 0.278. The number of carboxylic acid groups (broad SMARTS) is 1. The fourth-order valence-corrected chi connectivity index (χ4v) is 2.59. The summed E-state index contributed by atoms with van der Waals surface area (Å²) >= 11 is 0.